The maximum absolute atomic E-state index is 10.8. The van der Waals surface area contributed by atoms with Crippen molar-refractivity contribution < 1.29 is 14.5 Å². The van der Waals surface area contributed by atoms with E-state index in [0.717, 1.165) is 0 Å². The molecule has 0 bridgehead atoms. The summed E-state index contributed by atoms with van der Waals surface area (Å²) in [4.78, 5) is 20.8. The molecular formula is C11H8ClNO4. The van der Waals surface area contributed by atoms with Crippen LogP contribution in [0.1, 0.15) is 12.0 Å². The molecule has 0 fully saturated rings. The number of methoxy groups -OCH3 is 1. The van der Waals surface area contributed by atoms with Gasteiger partial charge in [-0.1, -0.05) is 23.4 Å². The van der Waals surface area contributed by atoms with Crippen molar-refractivity contribution in [2.24, 2.45) is 0 Å². The van der Waals surface area contributed by atoms with E-state index in [-0.39, 0.29) is 17.1 Å². The number of hydrogen-bond donors (Lipinski definition) is 0. The fourth-order valence-corrected chi connectivity index (χ4v) is 1.21. The Balaban J connectivity index is 2.89. The van der Waals surface area contributed by atoms with Gasteiger partial charge in [0.15, 0.2) is 0 Å². The predicted molar refractivity (Wildman–Crippen MR) is 61.6 cm³/mol. The number of benzene rings is 1. The smallest absolute Gasteiger partial charge is 0.317 e. The van der Waals surface area contributed by atoms with Gasteiger partial charge in [0.05, 0.1) is 12.0 Å². The molecule has 0 heterocycles. The Bertz CT molecular complexity index is 516. The summed E-state index contributed by atoms with van der Waals surface area (Å²) in [6, 6.07) is 4.19. The van der Waals surface area contributed by atoms with Crippen LogP contribution in [0.4, 0.5) is 5.69 Å². The number of halogens is 1. The molecule has 0 atom stereocenters. The Morgan fingerprint density at radius 3 is 2.88 bits per heavy atom. The van der Waals surface area contributed by atoms with Crippen molar-refractivity contribution in [2.75, 3.05) is 7.11 Å². The molecule has 17 heavy (non-hydrogen) atoms. The van der Waals surface area contributed by atoms with Crippen molar-refractivity contribution in [1.82, 2.24) is 0 Å². The van der Waals surface area contributed by atoms with E-state index in [0.29, 0.717) is 5.56 Å². The maximum Gasteiger partial charge on any atom is 0.317 e. The van der Waals surface area contributed by atoms with Crippen LogP contribution in [0.2, 0.25) is 5.02 Å². The van der Waals surface area contributed by atoms with Crippen molar-refractivity contribution in [3.05, 3.63) is 38.9 Å². The van der Waals surface area contributed by atoms with Crippen LogP contribution in [0.3, 0.4) is 0 Å². The standard InChI is InChI=1S/C11H8ClNO4/c1-17-11(14)4-2-3-8-5-6-9(12)10(7-8)13(15)16/h5-7H,4H2,1H3. The number of carbonyl (C=O) groups is 1. The third kappa shape index (κ3) is 3.78. The molecule has 0 aliphatic heterocycles. The lowest BCUT2D eigenvalue weighted by atomic mass is 10.2. The number of nitrogens with zero attached hydrogens (tertiary/aromatic N) is 1. The molecule has 1 rings (SSSR count). The van der Waals surface area contributed by atoms with E-state index in [9.17, 15) is 14.9 Å². The highest BCUT2D eigenvalue weighted by atomic mass is 35.5. The lowest BCUT2D eigenvalue weighted by Crippen LogP contribution is -1.97. The van der Waals surface area contributed by atoms with E-state index in [1.54, 1.807) is 6.07 Å². The number of nitro benzene ring substituents is 1. The molecule has 1 aromatic rings. The zero-order valence-electron chi connectivity index (χ0n) is 8.90. The monoisotopic (exact) mass is 253 g/mol. The van der Waals surface area contributed by atoms with Gasteiger partial charge in [0.1, 0.15) is 11.4 Å². The summed E-state index contributed by atoms with van der Waals surface area (Å²) in [6.07, 6.45) is -0.0626. The Morgan fingerprint density at radius 2 is 2.29 bits per heavy atom. The molecule has 0 unspecified atom stereocenters. The highest BCUT2D eigenvalue weighted by Gasteiger charge is 2.11. The number of hydrogen-bond acceptors (Lipinski definition) is 4. The first-order valence-corrected chi connectivity index (χ1v) is 4.92. The lowest BCUT2D eigenvalue weighted by Gasteiger charge is -1.95. The van der Waals surface area contributed by atoms with Crippen LogP contribution >= 0.6 is 11.6 Å². The molecule has 0 saturated heterocycles. The summed E-state index contributed by atoms with van der Waals surface area (Å²) in [5, 5.41) is 10.7. The number of carbonyl (C=O) groups excluding carboxylic acids is 1. The van der Waals surface area contributed by atoms with Crippen LogP contribution in [0.5, 0.6) is 0 Å². The fourth-order valence-electron chi connectivity index (χ4n) is 1.02. The first-order valence-electron chi connectivity index (χ1n) is 4.54. The van der Waals surface area contributed by atoms with Gasteiger partial charge < -0.3 is 4.74 Å². The van der Waals surface area contributed by atoms with Crippen molar-refractivity contribution in [1.29, 1.82) is 0 Å². The Hall–Kier alpha value is -2.06. The Kier molecular flexibility index (Phi) is 4.49. The summed E-state index contributed by atoms with van der Waals surface area (Å²) in [7, 11) is 1.26. The van der Waals surface area contributed by atoms with Gasteiger partial charge in [0.2, 0.25) is 0 Å². The van der Waals surface area contributed by atoms with Crippen LogP contribution in [-0.4, -0.2) is 18.0 Å². The number of ether oxygens (including phenoxy) is 1. The molecule has 6 heteroatoms. The van der Waals surface area contributed by atoms with Crippen LogP contribution in [0.15, 0.2) is 18.2 Å². The number of nitro groups is 1. The summed E-state index contributed by atoms with van der Waals surface area (Å²) >= 11 is 5.63. The van der Waals surface area contributed by atoms with Crippen LogP contribution in [0.25, 0.3) is 0 Å². The van der Waals surface area contributed by atoms with Gasteiger partial charge in [-0.2, -0.15) is 0 Å². The van der Waals surface area contributed by atoms with E-state index in [1.807, 2.05) is 0 Å². The second-order valence-electron chi connectivity index (χ2n) is 2.98. The normalized spacial score (nSPS) is 9.06. The van der Waals surface area contributed by atoms with Gasteiger partial charge in [-0.15, -0.1) is 0 Å². The first kappa shape index (κ1) is 13.0. The third-order valence-electron chi connectivity index (χ3n) is 1.84. The zero-order valence-corrected chi connectivity index (χ0v) is 9.65. The predicted octanol–water partition coefficient (Wildman–Crippen LogP) is 2.16. The SMILES string of the molecule is COC(=O)CC#Cc1ccc(Cl)c([N+](=O)[O-])c1. The molecule has 5 nitrogen and oxygen atoms in total. The third-order valence-corrected chi connectivity index (χ3v) is 2.16. The highest BCUT2D eigenvalue weighted by molar-refractivity contribution is 6.32. The van der Waals surface area contributed by atoms with E-state index < -0.39 is 10.9 Å². The van der Waals surface area contributed by atoms with Crippen LogP contribution in [0, 0.1) is 22.0 Å². The second kappa shape index (κ2) is 5.87. The molecular weight excluding hydrogens is 246 g/mol. The summed E-state index contributed by atoms with van der Waals surface area (Å²) in [6.45, 7) is 0. The topological polar surface area (TPSA) is 69.4 Å². The minimum atomic E-state index is -0.589. The molecule has 0 aromatic heterocycles. The van der Waals surface area contributed by atoms with Gasteiger partial charge in [-0.05, 0) is 12.1 Å². The molecule has 0 amide bonds. The van der Waals surface area contributed by atoms with Crippen molar-refractivity contribution >= 4 is 23.3 Å². The first-order chi connectivity index (χ1) is 8.04. The molecule has 0 aliphatic carbocycles. The molecule has 0 N–H and O–H groups in total. The van der Waals surface area contributed by atoms with Gasteiger partial charge in [0, 0.05) is 11.6 Å². The molecule has 0 radical (unpaired) electrons. The largest absolute Gasteiger partial charge is 0.468 e. The van der Waals surface area contributed by atoms with Gasteiger partial charge >= 0.3 is 5.97 Å². The summed E-state index contributed by atoms with van der Waals surface area (Å²) < 4.78 is 4.40. The molecule has 1 aromatic carbocycles. The van der Waals surface area contributed by atoms with Crippen molar-refractivity contribution in [2.45, 2.75) is 6.42 Å². The summed E-state index contributed by atoms with van der Waals surface area (Å²) in [5.74, 6) is 4.71. The number of rotatable bonds is 2. The minimum Gasteiger partial charge on any atom is -0.468 e. The van der Waals surface area contributed by atoms with E-state index >= 15 is 0 Å². The minimum absolute atomic E-state index is 0.0496. The fraction of sp³-hybridized carbons (Fsp3) is 0.182. The van der Waals surface area contributed by atoms with Crippen molar-refractivity contribution in [3.8, 4) is 11.8 Å². The van der Waals surface area contributed by atoms with Crippen LogP contribution in [-0.2, 0) is 9.53 Å². The van der Waals surface area contributed by atoms with Gasteiger partial charge in [-0.25, -0.2) is 0 Å². The van der Waals surface area contributed by atoms with E-state index in [1.165, 1.54) is 19.2 Å². The summed E-state index contributed by atoms with van der Waals surface area (Å²) in [5.41, 5.74) is 0.210. The maximum atomic E-state index is 10.8. The Morgan fingerprint density at radius 1 is 1.59 bits per heavy atom. The van der Waals surface area contributed by atoms with E-state index in [4.69, 9.17) is 11.6 Å². The molecule has 0 spiro atoms. The second-order valence-corrected chi connectivity index (χ2v) is 3.39. The lowest BCUT2D eigenvalue weighted by molar-refractivity contribution is -0.384. The highest BCUT2D eigenvalue weighted by Crippen LogP contribution is 2.24. The zero-order chi connectivity index (χ0) is 12.8. The average Bonchev–Trinajstić information content (AvgIpc) is 2.30. The Labute approximate surface area is 102 Å². The quantitative estimate of drug-likeness (QED) is 0.350. The van der Waals surface area contributed by atoms with Crippen LogP contribution < -0.4 is 0 Å². The van der Waals surface area contributed by atoms with E-state index in [2.05, 4.69) is 16.6 Å². The molecule has 88 valence electrons. The van der Waals surface area contributed by atoms with Gasteiger partial charge in [-0.3, -0.25) is 14.9 Å². The molecule has 0 saturated carbocycles. The molecule has 0 aliphatic rings. The average molecular weight is 254 g/mol. The number of esters is 1. The van der Waals surface area contributed by atoms with Gasteiger partial charge in [0.25, 0.3) is 5.69 Å². The van der Waals surface area contributed by atoms with Crippen molar-refractivity contribution in [3.63, 3.8) is 0 Å².